The molecule has 1 aromatic rings. The van der Waals surface area contributed by atoms with Crippen LogP contribution in [0.25, 0.3) is 0 Å². The fraction of sp³-hybridized carbons (Fsp3) is 0.524. The van der Waals surface area contributed by atoms with Crippen molar-refractivity contribution < 1.29 is 5.11 Å². The first-order chi connectivity index (χ1) is 10.8. The highest BCUT2D eigenvalue weighted by Gasteiger charge is 2.21. The first kappa shape index (κ1) is 18.0. The topological polar surface area (TPSA) is 23.5 Å². The van der Waals surface area contributed by atoms with Crippen LogP contribution in [-0.2, 0) is 0 Å². The van der Waals surface area contributed by atoms with Crippen LogP contribution in [0.2, 0.25) is 0 Å². The molecule has 2 heteroatoms. The summed E-state index contributed by atoms with van der Waals surface area (Å²) in [4.78, 5) is 2.23. The smallest absolute Gasteiger partial charge is 0.0718 e. The van der Waals surface area contributed by atoms with Gasteiger partial charge in [-0.3, -0.25) is 0 Å². The molecular formula is C21H31NO. The standard InChI is InChI=1S/C21H31NO/c1-17-9-8-12-19(15-17)20(18-10-6-5-7-11-18)13-14-22(4)16-21(2,3)23/h5-12,17,20,23H,13-16H2,1-4H3. The predicted molar refractivity (Wildman–Crippen MR) is 98.6 cm³/mol. The van der Waals surface area contributed by atoms with Gasteiger partial charge in [0, 0.05) is 12.5 Å². The van der Waals surface area contributed by atoms with Crippen LogP contribution < -0.4 is 0 Å². The summed E-state index contributed by atoms with van der Waals surface area (Å²) < 4.78 is 0. The van der Waals surface area contributed by atoms with Gasteiger partial charge in [0.05, 0.1) is 5.60 Å². The molecule has 0 bridgehead atoms. The maximum Gasteiger partial charge on any atom is 0.0718 e. The second-order valence-electron chi connectivity index (χ2n) is 7.61. The Kier molecular flexibility index (Phi) is 6.20. The number of hydrogen-bond donors (Lipinski definition) is 1. The lowest BCUT2D eigenvalue weighted by Crippen LogP contribution is -2.37. The minimum atomic E-state index is -0.641. The lowest BCUT2D eigenvalue weighted by molar-refractivity contribution is 0.0440. The molecule has 1 aliphatic carbocycles. The van der Waals surface area contributed by atoms with E-state index in [2.05, 4.69) is 67.4 Å². The maximum absolute atomic E-state index is 9.99. The van der Waals surface area contributed by atoms with Gasteiger partial charge < -0.3 is 10.0 Å². The lowest BCUT2D eigenvalue weighted by atomic mass is 9.81. The van der Waals surface area contributed by atoms with Crippen molar-refractivity contribution in [1.29, 1.82) is 0 Å². The Labute approximate surface area is 141 Å². The highest BCUT2D eigenvalue weighted by atomic mass is 16.3. The van der Waals surface area contributed by atoms with Crippen LogP contribution in [-0.4, -0.2) is 35.7 Å². The quantitative estimate of drug-likeness (QED) is 0.807. The van der Waals surface area contributed by atoms with E-state index >= 15 is 0 Å². The van der Waals surface area contributed by atoms with E-state index in [1.54, 1.807) is 0 Å². The van der Waals surface area contributed by atoms with E-state index < -0.39 is 5.60 Å². The molecule has 0 radical (unpaired) electrons. The third kappa shape index (κ3) is 5.96. The van der Waals surface area contributed by atoms with Crippen molar-refractivity contribution >= 4 is 0 Å². The SMILES string of the molecule is CC1C=CC=C(C(CCN(C)CC(C)(C)O)c2ccccc2)C1. The minimum absolute atomic E-state index is 0.466. The van der Waals surface area contributed by atoms with Crippen LogP contribution in [0.15, 0.2) is 54.1 Å². The fourth-order valence-corrected chi connectivity index (χ4v) is 3.48. The molecule has 1 aliphatic rings. The average molecular weight is 313 g/mol. The molecule has 0 saturated carbocycles. The molecule has 2 rings (SSSR count). The van der Waals surface area contributed by atoms with Crippen molar-refractivity contribution in [2.45, 2.75) is 45.1 Å². The van der Waals surface area contributed by atoms with Gasteiger partial charge in [-0.2, -0.15) is 0 Å². The minimum Gasteiger partial charge on any atom is -0.389 e. The highest BCUT2D eigenvalue weighted by Crippen LogP contribution is 2.34. The van der Waals surface area contributed by atoms with Crippen LogP contribution in [0.3, 0.4) is 0 Å². The van der Waals surface area contributed by atoms with Crippen LogP contribution in [0, 0.1) is 5.92 Å². The number of benzene rings is 1. The zero-order valence-corrected chi connectivity index (χ0v) is 15.0. The summed E-state index contributed by atoms with van der Waals surface area (Å²) in [5.41, 5.74) is 2.29. The number of nitrogens with zero attached hydrogens (tertiary/aromatic N) is 1. The van der Waals surface area contributed by atoms with Gasteiger partial charge in [-0.1, -0.05) is 61.1 Å². The molecule has 2 nitrogen and oxygen atoms in total. The molecule has 2 atom stereocenters. The van der Waals surface area contributed by atoms with Gasteiger partial charge in [-0.25, -0.2) is 0 Å². The molecule has 126 valence electrons. The van der Waals surface area contributed by atoms with Gasteiger partial charge in [0.15, 0.2) is 0 Å². The third-order valence-electron chi connectivity index (χ3n) is 4.41. The van der Waals surface area contributed by atoms with E-state index in [9.17, 15) is 5.11 Å². The molecule has 2 unspecified atom stereocenters. The van der Waals surface area contributed by atoms with Crippen LogP contribution in [0.5, 0.6) is 0 Å². The Hall–Kier alpha value is -1.38. The zero-order valence-electron chi connectivity index (χ0n) is 15.0. The van der Waals surface area contributed by atoms with E-state index in [4.69, 9.17) is 0 Å². The summed E-state index contributed by atoms with van der Waals surface area (Å²) in [6.45, 7) is 7.71. The van der Waals surface area contributed by atoms with E-state index in [0.29, 0.717) is 18.4 Å². The summed E-state index contributed by atoms with van der Waals surface area (Å²) in [7, 11) is 2.10. The van der Waals surface area contributed by atoms with Gasteiger partial charge in [0.25, 0.3) is 0 Å². The van der Waals surface area contributed by atoms with Crippen LogP contribution >= 0.6 is 0 Å². The molecule has 0 saturated heterocycles. The lowest BCUT2D eigenvalue weighted by Gasteiger charge is -2.29. The van der Waals surface area contributed by atoms with Crippen LogP contribution in [0.4, 0.5) is 0 Å². The fourth-order valence-electron chi connectivity index (χ4n) is 3.48. The maximum atomic E-state index is 9.99. The number of likely N-dealkylation sites (N-methyl/N-ethyl adjacent to an activating group) is 1. The van der Waals surface area contributed by atoms with E-state index in [-0.39, 0.29) is 0 Å². The first-order valence-electron chi connectivity index (χ1n) is 8.68. The Morgan fingerprint density at radius 1 is 1.26 bits per heavy atom. The second kappa shape index (κ2) is 7.94. The number of allylic oxidation sites excluding steroid dienone is 4. The molecule has 0 aliphatic heterocycles. The Balaban J connectivity index is 2.09. The van der Waals surface area contributed by atoms with Crippen molar-refractivity contribution in [3.8, 4) is 0 Å². The molecule has 0 heterocycles. The average Bonchev–Trinajstić information content (AvgIpc) is 2.47. The summed E-state index contributed by atoms with van der Waals surface area (Å²) in [5, 5.41) is 9.99. The van der Waals surface area contributed by atoms with Crippen molar-refractivity contribution in [2.75, 3.05) is 20.1 Å². The third-order valence-corrected chi connectivity index (χ3v) is 4.41. The second-order valence-corrected chi connectivity index (χ2v) is 7.61. The van der Waals surface area contributed by atoms with Crippen molar-refractivity contribution in [2.24, 2.45) is 5.92 Å². The predicted octanol–water partition coefficient (Wildman–Crippen LogP) is 4.39. The molecule has 23 heavy (non-hydrogen) atoms. The zero-order chi connectivity index (χ0) is 16.9. The van der Waals surface area contributed by atoms with Gasteiger partial charge in [0.1, 0.15) is 0 Å². The Morgan fingerprint density at radius 2 is 1.96 bits per heavy atom. The molecular weight excluding hydrogens is 282 g/mol. The molecule has 0 fully saturated rings. The summed E-state index contributed by atoms with van der Waals surface area (Å²) >= 11 is 0. The van der Waals surface area contributed by atoms with E-state index in [1.165, 1.54) is 11.1 Å². The van der Waals surface area contributed by atoms with Crippen molar-refractivity contribution in [3.63, 3.8) is 0 Å². The van der Waals surface area contributed by atoms with E-state index in [1.807, 2.05) is 13.8 Å². The summed E-state index contributed by atoms with van der Waals surface area (Å²) in [6, 6.07) is 10.8. The van der Waals surface area contributed by atoms with Crippen molar-refractivity contribution in [3.05, 3.63) is 59.7 Å². The molecule has 0 amide bonds. The molecule has 1 aromatic carbocycles. The molecule has 0 aromatic heterocycles. The number of aliphatic hydroxyl groups is 1. The Morgan fingerprint density at radius 3 is 2.57 bits per heavy atom. The number of rotatable bonds is 7. The highest BCUT2D eigenvalue weighted by molar-refractivity contribution is 5.33. The van der Waals surface area contributed by atoms with E-state index in [0.717, 1.165) is 19.4 Å². The van der Waals surface area contributed by atoms with Gasteiger partial charge in [-0.05, 0) is 51.8 Å². The molecule has 0 spiro atoms. The van der Waals surface area contributed by atoms with Crippen molar-refractivity contribution in [1.82, 2.24) is 4.90 Å². The normalized spacial score (nSPS) is 19.7. The Bertz CT molecular complexity index is 539. The van der Waals surface area contributed by atoms with Gasteiger partial charge >= 0.3 is 0 Å². The van der Waals surface area contributed by atoms with Gasteiger partial charge in [-0.15, -0.1) is 0 Å². The summed E-state index contributed by atoms with van der Waals surface area (Å²) in [5.74, 6) is 1.09. The summed E-state index contributed by atoms with van der Waals surface area (Å²) in [6.07, 6.45) is 9.02. The van der Waals surface area contributed by atoms with Crippen LogP contribution in [0.1, 0.15) is 45.1 Å². The first-order valence-corrected chi connectivity index (χ1v) is 8.68. The molecule has 1 N–H and O–H groups in total. The van der Waals surface area contributed by atoms with Gasteiger partial charge in [0.2, 0.25) is 0 Å². The number of hydrogen-bond acceptors (Lipinski definition) is 2. The monoisotopic (exact) mass is 313 g/mol. The largest absolute Gasteiger partial charge is 0.389 e.